The van der Waals surface area contributed by atoms with Crippen LogP contribution < -0.4 is 0 Å². The number of rotatable bonds is 6. The molecule has 1 N–H and O–H groups in total. The van der Waals surface area contributed by atoms with Crippen molar-refractivity contribution in [3.05, 3.63) is 35.4 Å². The van der Waals surface area contributed by atoms with E-state index in [1.807, 2.05) is 18.2 Å². The predicted octanol–water partition coefficient (Wildman–Crippen LogP) is 2.30. The Morgan fingerprint density at radius 3 is 2.86 bits per heavy atom. The van der Waals surface area contributed by atoms with E-state index in [4.69, 9.17) is 9.84 Å². The molecule has 1 aliphatic carbocycles. The van der Waals surface area contributed by atoms with E-state index < -0.39 is 16.8 Å². The molecular formula is C16H20O4S. The lowest BCUT2D eigenvalue weighted by Crippen LogP contribution is -2.25. The van der Waals surface area contributed by atoms with Crippen molar-refractivity contribution in [2.75, 3.05) is 18.1 Å². The third-order valence-corrected chi connectivity index (χ3v) is 5.99. The zero-order valence-corrected chi connectivity index (χ0v) is 12.7. The predicted molar refractivity (Wildman–Crippen MR) is 80.6 cm³/mol. The van der Waals surface area contributed by atoms with Crippen molar-refractivity contribution in [1.82, 2.24) is 0 Å². The second-order valence-corrected chi connectivity index (χ2v) is 7.63. The van der Waals surface area contributed by atoms with Crippen LogP contribution in [0.5, 0.6) is 0 Å². The fourth-order valence-electron chi connectivity index (χ4n) is 3.05. The van der Waals surface area contributed by atoms with Gasteiger partial charge in [-0.2, -0.15) is 0 Å². The van der Waals surface area contributed by atoms with E-state index >= 15 is 0 Å². The maximum absolute atomic E-state index is 12.4. The van der Waals surface area contributed by atoms with E-state index in [2.05, 4.69) is 6.07 Å². The van der Waals surface area contributed by atoms with E-state index in [1.165, 1.54) is 5.56 Å². The first-order chi connectivity index (χ1) is 10.1. The van der Waals surface area contributed by atoms with Crippen molar-refractivity contribution < 1.29 is 18.8 Å². The molecular weight excluding hydrogens is 288 g/mol. The summed E-state index contributed by atoms with van der Waals surface area (Å²) in [5.74, 6) is 0.170. The average Bonchev–Trinajstić information content (AvgIpc) is 3.17. The largest absolute Gasteiger partial charge is 0.481 e. The molecule has 3 rings (SSSR count). The normalized spacial score (nSPS) is 24.1. The van der Waals surface area contributed by atoms with Crippen molar-refractivity contribution in [3.63, 3.8) is 0 Å². The van der Waals surface area contributed by atoms with Crippen molar-refractivity contribution in [2.24, 2.45) is 5.41 Å². The van der Waals surface area contributed by atoms with Gasteiger partial charge >= 0.3 is 5.97 Å². The van der Waals surface area contributed by atoms with Gasteiger partial charge in [0.05, 0.1) is 24.9 Å². The molecule has 2 aliphatic rings. The summed E-state index contributed by atoms with van der Waals surface area (Å²) in [6.07, 6.45) is 2.69. The molecule has 1 aromatic carbocycles. The van der Waals surface area contributed by atoms with Gasteiger partial charge in [0, 0.05) is 16.6 Å². The van der Waals surface area contributed by atoms with Crippen LogP contribution in [0.15, 0.2) is 24.3 Å². The standard InChI is InChI=1S/C16H20O4S/c17-15(18)9-16(6-7-16)11-21(19)10-14-13-4-2-1-3-12(13)5-8-20-14/h1-4,14H,5-11H2,(H,17,18). The first-order valence-corrected chi connectivity index (χ1v) is 8.83. The van der Waals surface area contributed by atoms with Gasteiger partial charge in [0.15, 0.2) is 0 Å². The van der Waals surface area contributed by atoms with E-state index in [9.17, 15) is 9.00 Å². The third-order valence-electron chi connectivity index (χ3n) is 4.38. The quantitative estimate of drug-likeness (QED) is 0.876. The second-order valence-electron chi connectivity index (χ2n) is 6.13. The zero-order chi connectivity index (χ0) is 14.9. The summed E-state index contributed by atoms with van der Waals surface area (Å²) in [5, 5.41) is 8.93. The minimum Gasteiger partial charge on any atom is -0.481 e. The number of hydrogen-bond donors (Lipinski definition) is 1. The summed E-state index contributed by atoms with van der Waals surface area (Å²) in [5.41, 5.74) is 2.20. The van der Waals surface area contributed by atoms with Gasteiger partial charge in [0.1, 0.15) is 0 Å². The van der Waals surface area contributed by atoms with E-state index in [-0.39, 0.29) is 17.9 Å². The topological polar surface area (TPSA) is 63.6 Å². The Labute approximate surface area is 127 Å². The Morgan fingerprint density at radius 2 is 2.14 bits per heavy atom. The molecule has 1 heterocycles. The van der Waals surface area contributed by atoms with Crippen LogP contribution >= 0.6 is 0 Å². The Hall–Kier alpha value is -1.20. The molecule has 1 aliphatic heterocycles. The van der Waals surface area contributed by atoms with Crippen molar-refractivity contribution in [1.29, 1.82) is 0 Å². The van der Waals surface area contributed by atoms with Crippen molar-refractivity contribution >= 4 is 16.8 Å². The molecule has 0 amide bonds. The van der Waals surface area contributed by atoms with E-state index in [1.54, 1.807) is 0 Å². The van der Waals surface area contributed by atoms with E-state index in [0.29, 0.717) is 18.1 Å². The highest BCUT2D eigenvalue weighted by atomic mass is 32.2. The maximum atomic E-state index is 12.4. The van der Waals surface area contributed by atoms with E-state index in [0.717, 1.165) is 24.8 Å². The summed E-state index contributed by atoms with van der Waals surface area (Å²) in [6, 6.07) is 8.14. The fourth-order valence-corrected chi connectivity index (χ4v) is 4.86. The molecule has 5 heteroatoms. The highest BCUT2D eigenvalue weighted by Gasteiger charge is 2.45. The minimum atomic E-state index is -1.04. The molecule has 114 valence electrons. The molecule has 0 bridgehead atoms. The summed E-state index contributed by atoms with van der Waals surface area (Å²) in [7, 11) is -1.04. The van der Waals surface area contributed by atoms with Crippen LogP contribution in [0, 0.1) is 5.41 Å². The molecule has 4 nitrogen and oxygen atoms in total. The Morgan fingerprint density at radius 1 is 1.38 bits per heavy atom. The van der Waals surface area contributed by atoms with Gasteiger partial charge in [-0.1, -0.05) is 24.3 Å². The molecule has 0 aromatic heterocycles. The molecule has 2 unspecified atom stereocenters. The molecule has 1 saturated carbocycles. The van der Waals surface area contributed by atoms with Crippen molar-refractivity contribution in [2.45, 2.75) is 31.8 Å². The fraction of sp³-hybridized carbons (Fsp3) is 0.562. The van der Waals surface area contributed by atoms with Crippen LogP contribution in [0.25, 0.3) is 0 Å². The number of carboxylic acid groups (broad SMARTS) is 1. The first-order valence-electron chi connectivity index (χ1n) is 7.34. The van der Waals surface area contributed by atoms with Gasteiger partial charge in [0.25, 0.3) is 0 Å². The molecule has 0 spiro atoms. The van der Waals surface area contributed by atoms with Gasteiger partial charge < -0.3 is 9.84 Å². The number of carboxylic acids is 1. The number of benzene rings is 1. The molecule has 21 heavy (non-hydrogen) atoms. The van der Waals surface area contributed by atoms with Gasteiger partial charge in [-0.15, -0.1) is 0 Å². The Balaban J connectivity index is 1.63. The average molecular weight is 308 g/mol. The second kappa shape index (κ2) is 5.89. The van der Waals surface area contributed by atoms with Gasteiger partial charge in [-0.05, 0) is 35.8 Å². The highest BCUT2D eigenvalue weighted by molar-refractivity contribution is 7.85. The lowest BCUT2D eigenvalue weighted by atomic mass is 9.99. The Kier molecular flexibility index (Phi) is 4.13. The monoisotopic (exact) mass is 308 g/mol. The number of fused-ring (bicyclic) bond motifs is 1. The number of ether oxygens (including phenoxy) is 1. The Bertz CT molecular complexity index is 565. The van der Waals surface area contributed by atoms with Crippen LogP contribution in [0.4, 0.5) is 0 Å². The first kappa shape index (κ1) is 14.7. The van der Waals surface area contributed by atoms with Gasteiger partial charge in [-0.3, -0.25) is 9.00 Å². The SMILES string of the molecule is O=C(O)CC1(CS(=O)CC2OCCc3ccccc32)CC1. The molecule has 1 aromatic rings. The highest BCUT2D eigenvalue weighted by Crippen LogP contribution is 2.49. The minimum absolute atomic E-state index is 0.114. The third kappa shape index (κ3) is 3.52. The van der Waals surface area contributed by atoms with Crippen LogP contribution in [0.3, 0.4) is 0 Å². The van der Waals surface area contributed by atoms with Crippen LogP contribution in [-0.2, 0) is 26.8 Å². The van der Waals surface area contributed by atoms with Crippen LogP contribution in [-0.4, -0.2) is 33.4 Å². The van der Waals surface area contributed by atoms with Crippen molar-refractivity contribution in [3.8, 4) is 0 Å². The summed E-state index contributed by atoms with van der Waals surface area (Å²) < 4.78 is 18.2. The summed E-state index contributed by atoms with van der Waals surface area (Å²) in [6.45, 7) is 0.666. The molecule has 2 atom stereocenters. The summed E-state index contributed by atoms with van der Waals surface area (Å²) >= 11 is 0. The lowest BCUT2D eigenvalue weighted by molar-refractivity contribution is -0.138. The number of hydrogen-bond acceptors (Lipinski definition) is 3. The lowest BCUT2D eigenvalue weighted by Gasteiger charge is -2.26. The summed E-state index contributed by atoms with van der Waals surface area (Å²) in [4.78, 5) is 10.9. The van der Waals surface area contributed by atoms with Gasteiger partial charge in [-0.25, -0.2) is 0 Å². The number of carbonyl (C=O) groups is 1. The maximum Gasteiger partial charge on any atom is 0.303 e. The molecule has 1 fully saturated rings. The number of aliphatic carboxylic acids is 1. The smallest absolute Gasteiger partial charge is 0.303 e. The molecule has 0 saturated heterocycles. The van der Waals surface area contributed by atoms with Crippen LogP contribution in [0.2, 0.25) is 0 Å². The molecule has 0 radical (unpaired) electrons. The van der Waals surface area contributed by atoms with Gasteiger partial charge in [0.2, 0.25) is 0 Å². The zero-order valence-electron chi connectivity index (χ0n) is 11.9. The van der Waals surface area contributed by atoms with Crippen LogP contribution in [0.1, 0.15) is 36.5 Å².